The SMILES string of the molecule is Cc1cc(C)cc([C@H](C)c2cc(C)cc([C@@H](C)c3cc(C)cc(C)c3)c2N2CN(c3c([C@@H](C)c4cc(C)cc(C)c4)cc(C)cc3[C@@H](C)c3cc(C)cc(C)c3)C3=C2c2cccc4cccc3c24)c1. The molecular formula is C67H70N2. The Morgan fingerprint density at radius 3 is 0.826 bits per heavy atom. The zero-order chi connectivity index (χ0) is 48.7. The molecule has 0 unspecified atom stereocenters. The number of rotatable bonds is 10. The van der Waals surface area contributed by atoms with Gasteiger partial charge in [0.05, 0.1) is 22.8 Å². The van der Waals surface area contributed by atoms with E-state index in [1.807, 2.05) is 0 Å². The number of anilines is 2. The van der Waals surface area contributed by atoms with Crippen molar-refractivity contribution in [3.8, 4) is 0 Å². The minimum Gasteiger partial charge on any atom is -0.320 e. The predicted octanol–water partition coefficient (Wildman–Crippen LogP) is 17.7. The van der Waals surface area contributed by atoms with Crippen LogP contribution in [0.3, 0.4) is 0 Å². The molecule has 4 atom stereocenters. The van der Waals surface area contributed by atoms with Gasteiger partial charge < -0.3 is 9.80 Å². The highest BCUT2D eigenvalue weighted by molar-refractivity contribution is 6.21. The lowest BCUT2D eigenvalue weighted by Crippen LogP contribution is -2.32. The van der Waals surface area contributed by atoms with Crippen molar-refractivity contribution in [1.82, 2.24) is 0 Å². The molecule has 69 heavy (non-hydrogen) atoms. The average Bonchev–Trinajstić information content (AvgIpc) is 3.83. The predicted molar refractivity (Wildman–Crippen MR) is 297 cm³/mol. The first kappa shape index (κ1) is 46.1. The molecule has 2 aliphatic rings. The minimum absolute atomic E-state index is 0.140. The van der Waals surface area contributed by atoms with Gasteiger partial charge in [0, 0.05) is 40.2 Å². The summed E-state index contributed by atoms with van der Waals surface area (Å²) in [5.74, 6) is 0.559. The molecule has 348 valence electrons. The molecule has 0 amide bonds. The van der Waals surface area contributed by atoms with Crippen molar-refractivity contribution in [1.29, 1.82) is 0 Å². The van der Waals surface area contributed by atoms with Crippen LogP contribution in [0, 0.1) is 69.2 Å². The Hall–Kier alpha value is -6.64. The maximum absolute atomic E-state index is 2.77. The van der Waals surface area contributed by atoms with Gasteiger partial charge in [-0.05, 0) is 119 Å². The van der Waals surface area contributed by atoms with Crippen molar-refractivity contribution in [2.75, 3.05) is 16.5 Å². The minimum atomic E-state index is 0.140. The number of fused-ring (bicyclic) bond motifs is 2. The van der Waals surface area contributed by atoms with E-state index >= 15 is 0 Å². The Morgan fingerprint density at radius 2 is 0.565 bits per heavy atom. The monoisotopic (exact) mass is 903 g/mol. The van der Waals surface area contributed by atoms with Crippen LogP contribution in [0.5, 0.6) is 0 Å². The van der Waals surface area contributed by atoms with Gasteiger partial charge in [0.15, 0.2) is 0 Å². The lowest BCUT2D eigenvalue weighted by atomic mass is 9.82. The summed E-state index contributed by atoms with van der Waals surface area (Å²) in [4.78, 5) is 5.53. The summed E-state index contributed by atoms with van der Waals surface area (Å²) in [7, 11) is 0. The van der Waals surface area contributed by atoms with E-state index in [0.29, 0.717) is 6.67 Å². The van der Waals surface area contributed by atoms with E-state index in [1.165, 1.54) is 145 Å². The molecule has 0 saturated heterocycles. The molecule has 1 aliphatic carbocycles. The molecule has 8 aromatic rings. The second-order valence-electron chi connectivity index (χ2n) is 21.6. The summed E-state index contributed by atoms with van der Waals surface area (Å²) in [6, 6.07) is 52.5. The van der Waals surface area contributed by atoms with Crippen LogP contribution in [0.25, 0.3) is 22.2 Å². The van der Waals surface area contributed by atoms with Gasteiger partial charge in [-0.1, -0.05) is 217 Å². The van der Waals surface area contributed by atoms with Crippen LogP contribution < -0.4 is 9.80 Å². The van der Waals surface area contributed by atoms with Crippen molar-refractivity contribution >= 4 is 33.5 Å². The van der Waals surface area contributed by atoms with Gasteiger partial charge in [0.2, 0.25) is 0 Å². The van der Waals surface area contributed by atoms with Crippen molar-refractivity contribution in [3.05, 3.63) is 245 Å². The normalized spacial score (nSPS) is 15.0. The molecule has 0 spiro atoms. The molecule has 2 nitrogen and oxygen atoms in total. The van der Waals surface area contributed by atoms with Crippen LogP contribution in [-0.2, 0) is 0 Å². The Morgan fingerprint density at radius 1 is 0.319 bits per heavy atom. The zero-order valence-corrected chi connectivity index (χ0v) is 43.6. The third-order valence-electron chi connectivity index (χ3n) is 15.5. The second-order valence-corrected chi connectivity index (χ2v) is 21.6. The molecule has 0 radical (unpaired) electrons. The van der Waals surface area contributed by atoms with E-state index in [9.17, 15) is 0 Å². The summed E-state index contributed by atoms with van der Waals surface area (Å²) in [6.45, 7) is 33.0. The average molecular weight is 903 g/mol. The summed E-state index contributed by atoms with van der Waals surface area (Å²) in [5.41, 5.74) is 31.9. The first-order chi connectivity index (χ1) is 32.9. The lowest BCUT2D eigenvalue weighted by Gasteiger charge is -2.36. The Balaban J connectivity index is 1.29. The Kier molecular flexibility index (Phi) is 11.8. The number of hydrogen-bond donors (Lipinski definition) is 0. The fraction of sp³-hybridized carbons (Fsp3) is 0.284. The quantitative estimate of drug-likeness (QED) is 0.135. The van der Waals surface area contributed by atoms with E-state index in [1.54, 1.807) is 0 Å². The van der Waals surface area contributed by atoms with Crippen LogP contribution in [-0.4, -0.2) is 6.67 Å². The number of hydrogen-bond acceptors (Lipinski definition) is 2. The highest BCUT2D eigenvalue weighted by atomic mass is 15.4. The van der Waals surface area contributed by atoms with Crippen LogP contribution >= 0.6 is 0 Å². The van der Waals surface area contributed by atoms with Crippen LogP contribution in [0.1, 0.15) is 163 Å². The molecule has 2 heteroatoms. The molecule has 0 N–H and O–H groups in total. The van der Waals surface area contributed by atoms with Gasteiger partial charge in [-0.25, -0.2) is 0 Å². The van der Waals surface area contributed by atoms with E-state index in [2.05, 4.69) is 240 Å². The third kappa shape index (κ3) is 8.30. The molecule has 1 aliphatic heterocycles. The van der Waals surface area contributed by atoms with Gasteiger partial charge in [-0.3, -0.25) is 0 Å². The molecule has 0 fully saturated rings. The second kappa shape index (κ2) is 17.7. The molecule has 10 rings (SSSR count). The van der Waals surface area contributed by atoms with Crippen molar-refractivity contribution < 1.29 is 0 Å². The molecule has 0 saturated carbocycles. The van der Waals surface area contributed by atoms with Crippen molar-refractivity contribution in [2.24, 2.45) is 0 Å². The lowest BCUT2D eigenvalue weighted by molar-refractivity contribution is 0.839. The largest absolute Gasteiger partial charge is 0.320 e. The standard InChI is InChI=1S/C67H70N2/c1-38-21-39(2)26-53(25-38)48(11)59-33-46(9)34-60(49(12)54-27-40(3)22-41(4)28-54)64(59)68-37-69(67-58-20-16-18-52-17-15-19-57(63(52)58)66(67)68)65-61(50(13)55-29-42(5)23-43(6)30-55)35-47(10)36-62(65)51(14)56-31-44(7)24-45(8)32-56/h15-36,48-51H,37H2,1-14H3/t48-,49-,50-,51-/m0/s1. The summed E-state index contributed by atoms with van der Waals surface area (Å²) in [5, 5.41) is 2.63. The molecule has 0 aromatic heterocycles. The van der Waals surface area contributed by atoms with E-state index < -0.39 is 0 Å². The van der Waals surface area contributed by atoms with Gasteiger partial charge in [0.1, 0.15) is 6.67 Å². The van der Waals surface area contributed by atoms with Crippen LogP contribution in [0.4, 0.5) is 11.4 Å². The summed E-state index contributed by atoms with van der Waals surface area (Å²) < 4.78 is 0. The van der Waals surface area contributed by atoms with Gasteiger partial charge in [-0.2, -0.15) is 0 Å². The van der Waals surface area contributed by atoms with Crippen LogP contribution in [0.2, 0.25) is 0 Å². The van der Waals surface area contributed by atoms with Gasteiger partial charge in [0.25, 0.3) is 0 Å². The fourth-order valence-corrected chi connectivity index (χ4v) is 12.6. The maximum atomic E-state index is 2.77. The first-order valence-corrected chi connectivity index (χ1v) is 25.4. The first-order valence-electron chi connectivity index (χ1n) is 25.4. The van der Waals surface area contributed by atoms with Crippen molar-refractivity contribution in [2.45, 2.75) is 121 Å². The molecule has 0 bridgehead atoms. The Bertz CT molecular complexity index is 2940. The smallest absolute Gasteiger partial charge is 0.100 e. The van der Waals surface area contributed by atoms with E-state index in [-0.39, 0.29) is 23.7 Å². The van der Waals surface area contributed by atoms with Crippen LogP contribution in [0.15, 0.2) is 133 Å². The van der Waals surface area contributed by atoms with E-state index in [0.717, 1.165) is 0 Å². The number of benzene rings is 8. The zero-order valence-electron chi connectivity index (χ0n) is 43.6. The number of aryl methyl sites for hydroxylation is 10. The van der Waals surface area contributed by atoms with E-state index in [4.69, 9.17) is 0 Å². The highest BCUT2D eigenvalue weighted by Gasteiger charge is 2.43. The van der Waals surface area contributed by atoms with Gasteiger partial charge in [-0.15, -0.1) is 0 Å². The molecular weight excluding hydrogens is 833 g/mol. The summed E-state index contributed by atoms with van der Waals surface area (Å²) in [6.07, 6.45) is 0. The third-order valence-corrected chi connectivity index (χ3v) is 15.5. The fourth-order valence-electron chi connectivity index (χ4n) is 12.6. The van der Waals surface area contributed by atoms with Crippen molar-refractivity contribution in [3.63, 3.8) is 0 Å². The molecule has 8 aromatic carbocycles. The number of nitrogens with zero attached hydrogens (tertiary/aromatic N) is 2. The highest BCUT2D eigenvalue weighted by Crippen LogP contribution is 2.56. The maximum Gasteiger partial charge on any atom is 0.100 e. The topological polar surface area (TPSA) is 6.48 Å². The molecule has 1 heterocycles. The summed E-state index contributed by atoms with van der Waals surface area (Å²) >= 11 is 0. The van der Waals surface area contributed by atoms with Gasteiger partial charge >= 0.3 is 0 Å². The Labute approximate surface area is 413 Å².